The Morgan fingerprint density at radius 3 is 3.06 bits per heavy atom. The average molecular weight is 214 g/mol. The summed E-state index contributed by atoms with van der Waals surface area (Å²) in [5.74, 6) is -0.284. The first kappa shape index (κ1) is 10.7. The maximum Gasteiger partial charge on any atom is 0.330 e. The maximum absolute atomic E-state index is 11.2. The Kier molecular flexibility index (Phi) is 3.20. The van der Waals surface area contributed by atoms with Gasteiger partial charge >= 0.3 is 5.97 Å². The molecule has 0 saturated carbocycles. The molecule has 82 valence electrons. The quantitative estimate of drug-likeness (QED) is 0.571. The lowest BCUT2D eigenvalue weighted by Crippen LogP contribution is -1.98. The Morgan fingerprint density at radius 1 is 1.44 bits per heavy atom. The second-order valence-corrected chi connectivity index (χ2v) is 3.61. The van der Waals surface area contributed by atoms with E-state index in [-0.39, 0.29) is 5.97 Å². The summed E-state index contributed by atoms with van der Waals surface area (Å²) >= 11 is 0. The third kappa shape index (κ3) is 2.22. The van der Waals surface area contributed by atoms with Crippen LogP contribution in [0.15, 0.2) is 42.5 Å². The molecule has 1 aliphatic carbocycles. The summed E-state index contributed by atoms with van der Waals surface area (Å²) in [6, 6.07) is 8.22. The largest absolute Gasteiger partial charge is 0.463 e. The molecule has 1 aliphatic rings. The van der Waals surface area contributed by atoms with Gasteiger partial charge in [0, 0.05) is 6.08 Å². The molecule has 0 radical (unpaired) electrons. The van der Waals surface area contributed by atoms with Crippen molar-refractivity contribution in [1.29, 1.82) is 0 Å². The molecule has 0 amide bonds. The van der Waals surface area contributed by atoms with Crippen molar-refractivity contribution < 1.29 is 9.53 Å². The van der Waals surface area contributed by atoms with Gasteiger partial charge in [0.05, 0.1) is 6.61 Å². The zero-order chi connectivity index (χ0) is 11.4. The van der Waals surface area contributed by atoms with Crippen molar-refractivity contribution in [2.24, 2.45) is 0 Å². The van der Waals surface area contributed by atoms with Crippen molar-refractivity contribution in [3.63, 3.8) is 0 Å². The van der Waals surface area contributed by atoms with Gasteiger partial charge in [0.1, 0.15) is 0 Å². The molecule has 2 nitrogen and oxygen atoms in total. The fourth-order valence-electron chi connectivity index (χ4n) is 1.82. The molecule has 0 aliphatic heterocycles. The van der Waals surface area contributed by atoms with Crippen molar-refractivity contribution in [1.82, 2.24) is 0 Å². The first-order chi connectivity index (χ1) is 7.81. The van der Waals surface area contributed by atoms with Crippen LogP contribution in [0.4, 0.5) is 0 Å². The predicted molar refractivity (Wildman–Crippen MR) is 63.9 cm³/mol. The Balaban J connectivity index is 2.11. The van der Waals surface area contributed by atoms with Crippen LogP contribution in [-0.4, -0.2) is 12.6 Å². The third-order valence-corrected chi connectivity index (χ3v) is 2.56. The van der Waals surface area contributed by atoms with Crippen molar-refractivity contribution in [3.8, 4) is 0 Å². The van der Waals surface area contributed by atoms with E-state index in [0.717, 1.165) is 12.0 Å². The molecular weight excluding hydrogens is 200 g/mol. The summed E-state index contributed by atoms with van der Waals surface area (Å²) in [4.78, 5) is 11.2. The van der Waals surface area contributed by atoms with E-state index in [1.165, 1.54) is 17.2 Å². The molecular formula is C14H14O2. The van der Waals surface area contributed by atoms with Crippen molar-refractivity contribution >= 4 is 11.5 Å². The Morgan fingerprint density at radius 2 is 2.25 bits per heavy atom. The molecule has 0 atom stereocenters. The second kappa shape index (κ2) is 4.79. The van der Waals surface area contributed by atoms with Crippen LogP contribution < -0.4 is 0 Å². The van der Waals surface area contributed by atoms with Gasteiger partial charge in [0.2, 0.25) is 0 Å². The van der Waals surface area contributed by atoms with Gasteiger partial charge in [-0.25, -0.2) is 4.79 Å². The summed E-state index contributed by atoms with van der Waals surface area (Å²) < 4.78 is 4.84. The number of esters is 1. The van der Waals surface area contributed by atoms with E-state index in [0.29, 0.717) is 6.61 Å². The number of allylic oxidation sites excluding steroid dienone is 3. The van der Waals surface area contributed by atoms with Gasteiger partial charge < -0.3 is 4.74 Å². The molecule has 0 N–H and O–H groups in total. The average Bonchev–Trinajstić information content (AvgIpc) is 2.70. The lowest BCUT2D eigenvalue weighted by molar-refractivity contribution is -0.137. The molecule has 2 rings (SSSR count). The predicted octanol–water partition coefficient (Wildman–Crippen LogP) is 2.75. The molecule has 16 heavy (non-hydrogen) atoms. The van der Waals surface area contributed by atoms with E-state index in [1.807, 2.05) is 18.2 Å². The number of rotatable bonds is 3. The van der Waals surface area contributed by atoms with Crippen molar-refractivity contribution in [2.75, 3.05) is 6.61 Å². The summed E-state index contributed by atoms with van der Waals surface area (Å²) in [7, 11) is 0. The lowest BCUT2D eigenvalue weighted by atomic mass is 10.1. The van der Waals surface area contributed by atoms with Crippen LogP contribution >= 0.6 is 0 Å². The third-order valence-electron chi connectivity index (χ3n) is 2.56. The van der Waals surface area contributed by atoms with Crippen LogP contribution in [-0.2, 0) is 16.0 Å². The van der Waals surface area contributed by atoms with Crippen LogP contribution in [0.1, 0.15) is 18.1 Å². The molecule has 0 bridgehead atoms. The lowest BCUT2D eigenvalue weighted by Gasteiger charge is -2.00. The molecule has 0 fully saturated rings. The van der Waals surface area contributed by atoms with Crippen LogP contribution in [0.2, 0.25) is 0 Å². The number of ether oxygens (including phenoxy) is 1. The van der Waals surface area contributed by atoms with Gasteiger partial charge in [0.25, 0.3) is 0 Å². The van der Waals surface area contributed by atoms with Crippen LogP contribution in [0.3, 0.4) is 0 Å². The number of fused-ring (bicyclic) bond motifs is 1. The van der Waals surface area contributed by atoms with Gasteiger partial charge in [-0.15, -0.1) is 0 Å². The number of carbonyl (C=O) groups excluding carboxylic acids is 1. The van der Waals surface area contributed by atoms with Gasteiger partial charge in [-0.2, -0.15) is 0 Å². The maximum atomic E-state index is 11.2. The molecule has 0 saturated heterocycles. The molecule has 0 aromatic heterocycles. The van der Waals surface area contributed by atoms with E-state index in [1.54, 1.807) is 6.92 Å². The van der Waals surface area contributed by atoms with E-state index in [4.69, 9.17) is 4.74 Å². The zero-order valence-corrected chi connectivity index (χ0v) is 9.27. The minimum absolute atomic E-state index is 0.284. The fourth-order valence-corrected chi connectivity index (χ4v) is 1.82. The highest BCUT2D eigenvalue weighted by atomic mass is 16.5. The topological polar surface area (TPSA) is 26.3 Å². The Bertz CT molecular complexity index is 456. The number of hydrogen-bond acceptors (Lipinski definition) is 2. The standard InChI is InChI=1S/C14H14O2/c1-2-16-14(15)10-9-12-8-7-11-5-3-4-6-13(11)12/h3-6,8-10H,2,7H2,1H3/b10-9+. The minimum atomic E-state index is -0.284. The molecule has 0 unspecified atom stereocenters. The van der Waals surface area contributed by atoms with E-state index in [2.05, 4.69) is 18.2 Å². The summed E-state index contributed by atoms with van der Waals surface area (Å²) in [6.07, 6.45) is 6.38. The first-order valence-electron chi connectivity index (χ1n) is 5.44. The monoisotopic (exact) mass is 214 g/mol. The van der Waals surface area contributed by atoms with Crippen LogP contribution in [0.25, 0.3) is 5.57 Å². The zero-order valence-electron chi connectivity index (χ0n) is 9.27. The van der Waals surface area contributed by atoms with Crippen molar-refractivity contribution in [3.05, 3.63) is 53.6 Å². The molecule has 0 spiro atoms. The molecule has 1 aromatic carbocycles. The fraction of sp³-hybridized carbons (Fsp3) is 0.214. The molecule has 1 aromatic rings. The van der Waals surface area contributed by atoms with Gasteiger partial charge in [-0.05, 0) is 36.1 Å². The second-order valence-electron chi connectivity index (χ2n) is 3.61. The number of carbonyl (C=O) groups is 1. The highest BCUT2D eigenvalue weighted by Gasteiger charge is 2.10. The molecule has 2 heteroatoms. The van der Waals surface area contributed by atoms with E-state index < -0.39 is 0 Å². The Hall–Kier alpha value is -1.83. The highest BCUT2D eigenvalue weighted by molar-refractivity contribution is 5.88. The summed E-state index contributed by atoms with van der Waals surface area (Å²) in [5.41, 5.74) is 3.62. The minimum Gasteiger partial charge on any atom is -0.463 e. The SMILES string of the molecule is CCOC(=O)/C=C/C1=CCc2ccccc21. The van der Waals surface area contributed by atoms with Gasteiger partial charge in [-0.1, -0.05) is 30.3 Å². The van der Waals surface area contributed by atoms with Gasteiger partial charge in [-0.3, -0.25) is 0 Å². The normalized spacial score (nSPS) is 13.7. The summed E-state index contributed by atoms with van der Waals surface area (Å²) in [5, 5.41) is 0. The van der Waals surface area contributed by atoms with E-state index in [9.17, 15) is 4.79 Å². The van der Waals surface area contributed by atoms with Crippen LogP contribution in [0, 0.1) is 0 Å². The van der Waals surface area contributed by atoms with E-state index >= 15 is 0 Å². The van der Waals surface area contributed by atoms with Crippen LogP contribution in [0.5, 0.6) is 0 Å². The van der Waals surface area contributed by atoms with Gasteiger partial charge in [0.15, 0.2) is 0 Å². The Labute approximate surface area is 95.2 Å². The smallest absolute Gasteiger partial charge is 0.330 e. The summed E-state index contributed by atoms with van der Waals surface area (Å²) in [6.45, 7) is 2.22. The molecule has 0 heterocycles. The van der Waals surface area contributed by atoms with Crippen molar-refractivity contribution in [2.45, 2.75) is 13.3 Å². The highest BCUT2D eigenvalue weighted by Crippen LogP contribution is 2.27. The number of benzene rings is 1. The number of hydrogen-bond donors (Lipinski definition) is 0. The first-order valence-corrected chi connectivity index (χ1v) is 5.44.